The van der Waals surface area contributed by atoms with Crippen LogP contribution < -0.4 is 0 Å². The molecule has 0 spiro atoms. The number of rotatable bonds is 8. The van der Waals surface area contributed by atoms with Crippen molar-refractivity contribution in [2.45, 2.75) is 76.8 Å². The zero-order valence-electron chi connectivity index (χ0n) is 17.3. The van der Waals surface area contributed by atoms with E-state index in [9.17, 15) is 0 Å². The van der Waals surface area contributed by atoms with Crippen LogP contribution in [0.1, 0.15) is 58.3 Å². The number of ether oxygens (including phenoxy) is 4. The molecule has 1 aliphatic heterocycles. The fourth-order valence-electron chi connectivity index (χ4n) is 4.85. The van der Waals surface area contributed by atoms with Gasteiger partial charge in [0.25, 0.3) is 0 Å². The molecule has 2 aliphatic carbocycles. The molecule has 0 atom stereocenters. The molecule has 2 saturated carbocycles. The lowest BCUT2D eigenvalue weighted by Crippen LogP contribution is -2.42. The van der Waals surface area contributed by atoms with E-state index in [1.54, 1.807) is 0 Å². The summed E-state index contributed by atoms with van der Waals surface area (Å²) in [6.07, 6.45) is 16.0. The number of hydrogen-bond acceptors (Lipinski definition) is 4. The first-order valence-electron chi connectivity index (χ1n) is 11.1. The van der Waals surface area contributed by atoms with Crippen LogP contribution in [0.25, 0.3) is 0 Å². The lowest BCUT2D eigenvalue weighted by molar-refractivity contribution is -0.238. The molecule has 0 unspecified atom stereocenters. The fraction of sp³-hybridized carbons (Fsp3) is 0.826. The maximum atomic E-state index is 6.19. The van der Waals surface area contributed by atoms with E-state index >= 15 is 0 Å². The third kappa shape index (κ3) is 6.84. The molecule has 28 heavy (non-hydrogen) atoms. The highest BCUT2D eigenvalue weighted by Gasteiger charge is 2.36. The van der Waals surface area contributed by atoms with E-state index in [0.29, 0.717) is 30.7 Å². The van der Waals surface area contributed by atoms with Gasteiger partial charge in [0.1, 0.15) is 0 Å². The van der Waals surface area contributed by atoms with Crippen LogP contribution in [0.4, 0.5) is 0 Å². The van der Waals surface area contributed by atoms with Gasteiger partial charge in [-0.3, -0.25) is 0 Å². The third-order valence-electron chi connectivity index (χ3n) is 6.62. The number of hydrogen-bond donors (Lipinski definition) is 0. The van der Waals surface area contributed by atoms with Crippen LogP contribution in [0.15, 0.2) is 23.8 Å². The SMILES string of the molecule is CC=CCOC1CCC(C2COC(C3CCC(OCC=CCl)CC3)OC2)CC1. The average molecular weight is 413 g/mol. The van der Waals surface area contributed by atoms with Crippen molar-refractivity contribution in [2.24, 2.45) is 17.8 Å². The van der Waals surface area contributed by atoms with Crippen molar-refractivity contribution in [2.75, 3.05) is 26.4 Å². The van der Waals surface area contributed by atoms with E-state index in [1.165, 1.54) is 31.2 Å². The molecule has 0 radical (unpaired) electrons. The van der Waals surface area contributed by atoms with Gasteiger partial charge in [-0.15, -0.1) is 0 Å². The van der Waals surface area contributed by atoms with Crippen molar-refractivity contribution in [3.8, 4) is 0 Å². The van der Waals surface area contributed by atoms with Crippen molar-refractivity contribution >= 4 is 11.6 Å². The van der Waals surface area contributed by atoms with Crippen LogP contribution in [0.2, 0.25) is 0 Å². The molecule has 0 bridgehead atoms. The largest absolute Gasteiger partial charge is 0.374 e. The van der Waals surface area contributed by atoms with E-state index < -0.39 is 0 Å². The Labute approximate surface area is 175 Å². The van der Waals surface area contributed by atoms with Gasteiger partial charge in [0.15, 0.2) is 6.29 Å². The second-order valence-electron chi connectivity index (χ2n) is 8.47. The van der Waals surface area contributed by atoms with Gasteiger partial charge in [0, 0.05) is 17.4 Å². The minimum absolute atomic E-state index is 0.0135. The summed E-state index contributed by atoms with van der Waals surface area (Å²) in [7, 11) is 0. The molecule has 4 nitrogen and oxygen atoms in total. The summed E-state index contributed by atoms with van der Waals surface area (Å²) < 4.78 is 24.1. The van der Waals surface area contributed by atoms with Crippen molar-refractivity contribution < 1.29 is 18.9 Å². The molecule has 0 aromatic carbocycles. The summed E-state index contributed by atoms with van der Waals surface area (Å²) in [5.41, 5.74) is 1.52. The zero-order chi connectivity index (χ0) is 19.6. The molecule has 0 N–H and O–H groups in total. The molecule has 3 aliphatic rings. The molecule has 0 aromatic rings. The topological polar surface area (TPSA) is 36.9 Å². The summed E-state index contributed by atoms with van der Waals surface area (Å²) in [5.74, 6) is 1.79. The quantitative estimate of drug-likeness (QED) is 0.496. The van der Waals surface area contributed by atoms with Crippen LogP contribution in [-0.2, 0) is 18.9 Å². The van der Waals surface area contributed by atoms with Crippen LogP contribution in [0.5, 0.6) is 0 Å². The molecule has 0 amide bonds. The molecule has 5 heteroatoms. The van der Waals surface area contributed by atoms with Crippen LogP contribution in [0.3, 0.4) is 0 Å². The summed E-state index contributed by atoms with van der Waals surface area (Å²) in [6.45, 7) is 5.11. The van der Waals surface area contributed by atoms with E-state index in [4.69, 9.17) is 30.5 Å². The van der Waals surface area contributed by atoms with Gasteiger partial charge >= 0.3 is 0 Å². The highest BCUT2D eigenvalue weighted by atomic mass is 35.5. The normalized spacial score (nSPS) is 37.6. The van der Waals surface area contributed by atoms with Gasteiger partial charge in [0.05, 0.1) is 38.6 Å². The third-order valence-corrected chi connectivity index (χ3v) is 6.80. The second kappa shape index (κ2) is 12.3. The molecule has 1 heterocycles. The highest BCUT2D eigenvalue weighted by Crippen LogP contribution is 2.37. The Hall–Kier alpha value is -0.390. The van der Waals surface area contributed by atoms with E-state index in [-0.39, 0.29) is 6.29 Å². The van der Waals surface area contributed by atoms with Crippen LogP contribution >= 0.6 is 11.6 Å². The predicted octanol–water partition coefficient (Wildman–Crippen LogP) is 5.45. The van der Waals surface area contributed by atoms with Crippen LogP contribution in [0, 0.1) is 17.8 Å². The first-order valence-corrected chi connectivity index (χ1v) is 11.6. The van der Waals surface area contributed by atoms with E-state index in [0.717, 1.165) is 51.4 Å². The van der Waals surface area contributed by atoms with Gasteiger partial charge in [-0.1, -0.05) is 23.8 Å². The Morgan fingerprint density at radius 2 is 1.29 bits per heavy atom. The summed E-state index contributed by atoms with van der Waals surface area (Å²) >= 11 is 5.54. The predicted molar refractivity (Wildman–Crippen MR) is 112 cm³/mol. The fourth-order valence-corrected chi connectivity index (χ4v) is 4.92. The Morgan fingerprint density at radius 3 is 1.82 bits per heavy atom. The molecular formula is C23H37ClO4. The number of allylic oxidation sites excluding steroid dienone is 1. The van der Waals surface area contributed by atoms with Gasteiger partial charge in [0.2, 0.25) is 0 Å². The standard InChI is InChI=1S/C23H37ClO4/c1-2-3-14-25-21-9-5-18(6-10-21)20-16-27-23(28-17-20)19-7-11-22(12-8-19)26-15-4-13-24/h2-4,13,18-23H,5-12,14-17H2,1H3. The molecule has 160 valence electrons. The minimum atomic E-state index is -0.0135. The maximum Gasteiger partial charge on any atom is 0.160 e. The van der Waals surface area contributed by atoms with Crippen molar-refractivity contribution in [1.82, 2.24) is 0 Å². The Bertz CT molecular complexity index is 427. The molecule has 0 aromatic heterocycles. The zero-order valence-corrected chi connectivity index (χ0v) is 18.0. The number of halogens is 1. The summed E-state index contributed by atoms with van der Waals surface area (Å²) in [5, 5.41) is 0. The first kappa shape index (κ1) is 22.3. The maximum absolute atomic E-state index is 6.19. The van der Waals surface area contributed by atoms with Gasteiger partial charge in [-0.25, -0.2) is 0 Å². The average Bonchev–Trinajstić information content (AvgIpc) is 2.75. The molecule has 1 saturated heterocycles. The monoisotopic (exact) mass is 412 g/mol. The summed E-state index contributed by atoms with van der Waals surface area (Å²) in [4.78, 5) is 0. The van der Waals surface area contributed by atoms with Gasteiger partial charge < -0.3 is 18.9 Å². The van der Waals surface area contributed by atoms with E-state index in [1.807, 2.05) is 13.0 Å². The van der Waals surface area contributed by atoms with Gasteiger partial charge in [-0.2, -0.15) is 0 Å². The smallest absolute Gasteiger partial charge is 0.160 e. The Balaban J connectivity index is 1.31. The highest BCUT2D eigenvalue weighted by molar-refractivity contribution is 6.25. The van der Waals surface area contributed by atoms with Crippen molar-refractivity contribution in [1.29, 1.82) is 0 Å². The minimum Gasteiger partial charge on any atom is -0.374 e. The molecular weight excluding hydrogens is 376 g/mol. The van der Waals surface area contributed by atoms with Crippen molar-refractivity contribution in [3.63, 3.8) is 0 Å². The molecule has 3 rings (SSSR count). The first-order chi connectivity index (χ1) is 13.8. The Kier molecular flexibility index (Phi) is 9.83. The van der Waals surface area contributed by atoms with Crippen LogP contribution in [-0.4, -0.2) is 44.9 Å². The van der Waals surface area contributed by atoms with Gasteiger partial charge in [-0.05, 0) is 70.3 Å². The Morgan fingerprint density at radius 1 is 0.750 bits per heavy atom. The van der Waals surface area contributed by atoms with E-state index in [2.05, 4.69) is 12.2 Å². The lowest BCUT2D eigenvalue weighted by Gasteiger charge is -2.41. The second-order valence-corrected chi connectivity index (χ2v) is 8.72. The molecule has 3 fully saturated rings. The van der Waals surface area contributed by atoms with Crippen molar-refractivity contribution in [3.05, 3.63) is 23.8 Å². The summed E-state index contributed by atoms with van der Waals surface area (Å²) in [6, 6.07) is 0. The lowest BCUT2D eigenvalue weighted by atomic mass is 9.79.